The van der Waals surface area contributed by atoms with Crippen LogP contribution in [0.15, 0.2) is 30.6 Å². The predicted octanol–water partition coefficient (Wildman–Crippen LogP) is 1.63. The van der Waals surface area contributed by atoms with Crippen LogP contribution in [0.2, 0.25) is 0 Å². The summed E-state index contributed by atoms with van der Waals surface area (Å²) in [5.41, 5.74) is 2.23. The lowest BCUT2D eigenvalue weighted by atomic mass is 10.1. The molecule has 1 aromatic heterocycles. The molecular weight excluding hydrogens is 286 g/mol. The third-order valence-corrected chi connectivity index (χ3v) is 3.26. The van der Waals surface area contributed by atoms with Gasteiger partial charge in [-0.2, -0.15) is 4.68 Å². The molecule has 1 amide bonds. The molecule has 0 saturated heterocycles. The molecule has 0 aliphatic heterocycles. The Kier molecular flexibility index (Phi) is 4.82. The molecule has 0 aliphatic rings. The average Bonchev–Trinajstić information content (AvgIpc) is 2.95. The van der Waals surface area contributed by atoms with Crippen molar-refractivity contribution in [1.29, 1.82) is 0 Å². The van der Waals surface area contributed by atoms with Crippen LogP contribution in [0.1, 0.15) is 31.0 Å². The molecule has 8 heteroatoms. The fourth-order valence-corrected chi connectivity index (χ4v) is 2.00. The van der Waals surface area contributed by atoms with Gasteiger partial charge in [0.05, 0.1) is 6.04 Å². The summed E-state index contributed by atoms with van der Waals surface area (Å²) in [5, 5.41) is 16.9. The van der Waals surface area contributed by atoms with Crippen molar-refractivity contribution in [2.75, 3.05) is 0 Å². The second kappa shape index (κ2) is 6.79. The molecule has 2 aromatic rings. The molecule has 116 valence electrons. The lowest BCUT2D eigenvalue weighted by molar-refractivity contribution is -0.394. The van der Waals surface area contributed by atoms with Gasteiger partial charge in [0.25, 0.3) is 0 Å². The highest BCUT2D eigenvalue weighted by Gasteiger charge is 2.16. The van der Waals surface area contributed by atoms with E-state index in [9.17, 15) is 14.9 Å². The van der Waals surface area contributed by atoms with E-state index >= 15 is 0 Å². The van der Waals surface area contributed by atoms with E-state index in [4.69, 9.17) is 0 Å². The van der Waals surface area contributed by atoms with Gasteiger partial charge in [0.15, 0.2) is 0 Å². The number of carbonyl (C=O) groups excluding carboxylic acids is 1. The smallest absolute Gasteiger partial charge is 0.390 e. The van der Waals surface area contributed by atoms with Crippen LogP contribution in [0.4, 0.5) is 5.95 Å². The van der Waals surface area contributed by atoms with E-state index < -0.39 is 10.9 Å². The molecule has 1 atom stereocenters. The van der Waals surface area contributed by atoms with Crippen LogP contribution in [0, 0.1) is 10.1 Å². The highest BCUT2D eigenvalue weighted by Crippen LogP contribution is 2.13. The van der Waals surface area contributed by atoms with Gasteiger partial charge in [-0.05, 0) is 29.4 Å². The van der Waals surface area contributed by atoms with Crippen LogP contribution in [0.3, 0.4) is 0 Å². The fourth-order valence-electron chi connectivity index (χ4n) is 2.00. The molecule has 1 aromatic carbocycles. The van der Waals surface area contributed by atoms with Crippen molar-refractivity contribution in [2.45, 2.75) is 32.9 Å². The average molecular weight is 303 g/mol. The fraction of sp³-hybridized carbons (Fsp3) is 0.357. The lowest BCUT2D eigenvalue weighted by Gasteiger charge is -2.14. The van der Waals surface area contributed by atoms with Crippen LogP contribution < -0.4 is 5.32 Å². The zero-order valence-corrected chi connectivity index (χ0v) is 12.4. The van der Waals surface area contributed by atoms with Crippen molar-refractivity contribution in [2.24, 2.45) is 0 Å². The third-order valence-electron chi connectivity index (χ3n) is 3.26. The SMILES string of the molecule is CCc1ccc(C(C)NC(=O)Cn2cnc([N+](=O)[O-])n2)cc1. The van der Waals surface area contributed by atoms with Gasteiger partial charge in [-0.1, -0.05) is 36.2 Å². The van der Waals surface area contributed by atoms with Gasteiger partial charge in [0, 0.05) is 5.10 Å². The van der Waals surface area contributed by atoms with Crippen LogP contribution in [-0.2, 0) is 17.8 Å². The Balaban J connectivity index is 1.93. The maximum Gasteiger partial charge on any atom is 0.490 e. The monoisotopic (exact) mass is 303 g/mol. The minimum Gasteiger partial charge on any atom is -0.390 e. The summed E-state index contributed by atoms with van der Waals surface area (Å²) in [4.78, 5) is 25.2. The van der Waals surface area contributed by atoms with E-state index in [2.05, 4.69) is 22.3 Å². The number of nitrogens with zero attached hydrogens (tertiary/aromatic N) is 4. The summed E-state index contributed by atoms with van der Waals surface area (Å²) >= 11 is 0. The van der Waals surface area contributed by atoms with Crippen LogP contribution in [0.25, 0.3) is 0 Å². The molecule has 22 heavy (non-hydrogen) atoms. The van der Waals surface area contributed by atoms with Gasteiger partial charge < -0.3 is 15.4 Å². The second-order valence-electron chi connectivity index (χ2n) is 4.88. The minimum absolute atomic E-state index is 0.113. The highest BCUT2D eigenvalue weighted by atomic mass is 16.6. The van der Waals surface area contributed by atoms with Gasteiger partial charge in [-0.3, -0.25) is 4.79 Å². The lowest BCUT2D eigenvalue weighted by Crippen LogP contribution is -2.30. The van der Waals surface area contributed by atoms with Crippen molar-refractivity contribution in [3.05, 3.63) is 51.8 Å². The second-order valence-corrected chi connectivity index (χ2v) is 4.88. The Labute approximate surface area is 127 Å². The molecule has 0 bridgehead atoms. The molecule has 1 heterocycles. The molecule has 0 aliphatic carbocycles. The van der Waals surface area contributed by atoms with Crippen molar-refractivity contribution in [3.63, 3.8) is 0 Å². The van der Waals surface area contributed by atoms with Gasteiger partial charge in [0.2, 0.25) is 12.2 Å². The molecule has 8 nitrogen and oxygen atoms in total. The first kappa shape index (κ1) is 15.6. The molecule has 0 saturated carbocycles. The number of aromatic nitrogens is 3. The van der Waals surface area contributed by atoms with Crippen LogP contribution >= 0.6 is 0 Å². The number of rotatable bonds is 6. The standard InChI is InChI=1S/C14H17N5O3/c1-3-11-4-6-12(7-5-11)10(2)16-13(20)8-18-9-15-14(17-18)19(21)22/h4-7,9-10H,3,8H2,1-2H3,(H,16,20). The summed E-state index contributed by atoms with van der Waals surface area (Å²) < 4.78 is 1.14. The van der Waals surface area contributed by atoms with E-state index in [-0.39, 0.29) is 18.5 Å². The topological polar surface area (TPSA) is 103 Å². The van der Waals surface area contributed by atoms with E-state index in [0.29, 0.717) is 0 Å². The van der Waals surface area contributed by atoms with Gasteiger partial charge in [-0.15, -0.1) is 0 Å². The number of benzene rings is 1. The van der Waals surface area contributed by atoms with Crippen molar-refractivity contribution < 1.29 is 9.72 Å². The molecule has 1 unspecified atom stereocenters. The molecule has 2 rings (SSSR count). The van der Waals surface area contributed by atoms with Crippen molar-refractivity contribution >= 4 is 11.9 Å². The number of amides is 1. The van der Waals surface area contributed by atoms with Crippen molar-refractivity contribution in [3.8, 4) is 0 Å². The number of aryl methyl sites for hydroxylation is 1. The van der Waals surface area contributed by atoms with Gasteiger partial charge in [-0.25, -0.2) is 0 Å². The zero-order chi connectivity index (χ0) is 16.1. The summed E-state index contributed by atoms with van der Waals surface area (Å²) in [7, 11) is 0. The number of hydrogen-bond acceptors (Lipinski definition) is 5. The quantitative estimate of drug-likeness (QED) is 0.645. The Bertz CT molecular complexity index is 665. The molecule has 1 N–H and O–H groups in total. The van der Waals surface area contributed by atoms with Gasteiger partial charge >= 0.3 is 5.95 Å². The zero-order valence-electron chi connectivity index (χ0n) is 12.4. The Morgan fingerprint density at radius 2 is 2.09 bits per heavy atom. The Morgan fingerprint density at radius 3 is 2.64 bits per heavy atom. The van der Waals surface area contributed by atoms with Crippen molar-refractivity contribution in [1.82, 2.24) is 20.1 Å². The van der Waals surface area contributed by atoms with E-state index in [0.717, 1.165) is 16.7 Å². The number of nitrogens with one attached hydrogen (secondary N) is 1. The first-order valence-electron chi connectivity index (χ1n) is 6.91. The number of hydrogen-bond donors (Lipinski definition) is 1. The maximum atomic E-state index is 11.9. The number of nitro groups is 1. The summed E-state index contributed by atoms with van der Waals surface area (Å²) in [6.07, 6.45) is 2.13. The Morgan fingerprint density at radius 1 is 1.41 bits per heavy atom. The third kappa shape index (κ3) is 3.87. The van der Waals surface area contributed by atoms with E-state index in [1.54, 1.807) is 0 Å². The first-order valence-corrected chi connectivity index (χ1v) is 6.91. The molecular formula is C14H17N5O3. The minimum atomic E-state index is -0.702. The number of carbonyl (C=O) groups is 1. The molecule has 0 spiro atoms. The Hall–Kier alpha value is -2.77. The normalized spacial score (nSPS) is 11.9. The van der Waals surface area contributed by atoms with E-state index in [1.165, 1.54) is 11.9 Å². The first-order chi connectivity index (χ1) is 10.5. The molecule has 0 fully saturated rings. The van der Waals surface area contributed by atoms with E-state index in [1.807, 2.05) is 31.2 Å². The molecule has 0 radical (unpaired) electrons. The summed E-state index contributed by atoms with van der Waals surface area (Å²) in [5.74, 6) is -0.803. The predicted molar refractivity (Wildman–Crippen MR) is 79.1 cm³/mol. The largest absolute Gasteiger partial charge is 0.490 e. The maximum absolute atomic E-state index is 11.9. The van der Waals surface area contributed by atoms with Crippen LogP contribution in [0.5, 0.6) is 0 Å². The van der Waals surface area contributed by atoms with Gasteiger partial charge in [0.1, 0.15) is 6.54 Å². The highest BCUT2D eigenvalue weighted by molar-refractivity contribution is 5.76. The van der Waals surface area contributed by atoms with Crippen LogP contribution in [-0.4, -0.2) is 25.6 Å². The summed E-state index contributed by atoms with van der Waals surface area (Å²) in [6.45, 7) is 3.85. The summed E-state index contributed by atoms with van der Waals surface area (Å²) in [6, 6.07) is 7.85.